The molecule has 0 radical (unpaired) electrons. The van der Waals surface area contributed by atoms with Crippen LogP contribution in [0.2, 0.25) is 0 Å². The summed E-state index contributed by atoms with van der Waals surface area (Å²) in [6.07, 6.45) is 5.48. The van der Waals surface area contributed by atoms with Crippen LogP contribution in [0.3, 0.4) is 0 Å². The Hall–Kier alpha value is -3.88. The van der Waals surface area contributed by atoms with Crippen LogP contribution in [0.4, 0.5) is 5.69 Å². The lowest BCUT2D eigenvalue weighted by Gasteiger charge is -2.19. The van der Waals surface area contributed by atoms with Crippen molar-refractivity contribution in [2.45, 2.75) is 19.0 Å². The minimum atomic E-state index is -1.07. The predicted octanol–water partition coefficient (Wildman–Crippen LogP) is 4.24. The zero-order valence-corrected chi connectivity index (χ0v) is 18.5. The lowest BCUT2D eigenvalue weighted by atomic mass is 10.0. The van der Waals surface area contributed by atoms with Gasteiger partial charge in [0.15, 0.2) is 0 Å². The highest BCUT2D eigenvalue weighted by atomic mass is 32.1. The Morgan fingerprint density at radius 2 is 1.76 bits per heavy atom. The number of anilines is 1. The standard InChI is InChI=1S/C25H22N4O3S/c30-24(22(12-17-4-2-1-3-5-17)28-16-23-27-10-11-33-23)29-21-14-19(13-20(15-21)25(31)32)18-6-8-26-9-7-18/h1-11,13-15,22,28H,12,16H2,(H,29,30)(H,31,32)/t22-/m0/s1. The SMILES string of the molecule is O=C(O)c1cc(NC(=O)[C@H](Cc2ccccc2)NCc2nccs2)cc(-c2ccncc2)c1. The van der Waals surface area contributed by atoms with Gasteiger partial charge in [0.1, 0.15) is 5.01 Å². The monoisotopic (exact) mass is 458 g/mol. The summed E-state index contributed by atoms with van der Waals surface area (Å²) in [5.74, 6) is -1.32. The summed E-state index contributed by atoms with van der Waals surface area (Å²) in [6.45, 7) is 0.458. The molecule has 2 aromatic carbocycles. The first-order valence-corrected chi connectivity index (χ1v) is 11.2. The van der Waals surface area contributed by atoms with Crippen LogP contribution >= 0.6 is 11.3 Å². The molecule has 1 amide bonds. The molecule has 1 atom stereocenters. The maximum Gasteiger partial charge on any atom is 0.335 e. The van der Waals surface area contributed by atoms with Crippen LogP contribution in [-0.4, -0.2) is 33.0 Å². The summed E-state index contributed by atoms with van der Waals surface area (Å²) in [7, 11) is 0. The number of nitrogens with zero attached hydrogens (tertiary/aromatic N) is 2. The smallest absolute Gasteiger partial charge is 0.335 e. The Bertz CT molecular complexity index is 1220. The molecule has 7 nitrogen and oxygen atoms in total. The highest BCUT2D eigenvalue weighted by Gasteiger charge is 2.20. The summed E-state index contributed by atoms with van der Waals surface area (Å²) >= 11 is 1.52. The second kappa shape index (κ2) is 10.6. The van der Waals surface area contributed by atoms with Gasteiger partial charge < -0.3 is 10.4 Å². The van der Waals surface area contributed by atoms with E-state index in [4.69, 9.17) is 0 Å². The Labute approximate surface area is 195 Å². The fraction of sp³-hybridized carbons (Fsp3) is 0.120. The number of aromatic carboxylic acids is 1. The van der Waals surface area contributed by atoms with Crippen LogP contribution in [0, 0.1) is 0 Å². The molecule has 0 saturated heterocycles. The van der Waals surface area contributed by atoms with Gasteiger partial charge in [0.2, 0.25) is 5.91 Å². The molecule has 2 aromatic heterocycles. The van der Waals surface area contributed by atoms with Crippen molar-refractivity contribution in [3.8, 4) is 11.1 Å². The van der Waals surface area contributed by atoms with E-state index >= 15 is 0 Å². The highest BCUT2D eigenvalue weighted by molar-refractivity contribution is 7.09. The molecule has 0 unspecified atom stereocenters. The van der Waals surface area contributed by atoms with Gasteiger partial charge in [-0.2, -0.15) is 0 Å². The number of nitrogens with one attached hydrogen (secondary N) is 2. The first kappa shape index (κ1) is 22.3. The fourth-order valence-electron chi connectivity index (χ4n) is 3.42. The number of hydrogen-bond donors (Lipinski definition) is 3. The van der Waals surface area contributed by atoms with E-state index in [1.807, 2.05) is 35.7 Å². The van der Waals surface area contributed by atoms with Gasteiger partial charge in [-0.25, -0.2) is 9.78 Å². The van der Waals surface area contributed by atoms with E-state index in [-0.39, 0.29) is 11.5 Å². The van der Waals surface area contributed by atoms with Gasteiger partial charge in [0.05, 0.1) is 11.6 Å². The van der Waals surface area contributed by atoms with Crippen molar-refractivity contribution in [3.63, 3.8) is 0 Å². The van der Waals surface area contributed by atoms with Crippen LogP contribution in [0.25, 0.3) is 11.1 Å². The molecular weight excluding hydrogens is 436 g/mol. The number of benzene rings is 2. The summed E-state index contributed by atoms with van der Waals surface area (Å²) < 4.78 is 0. The molecule has 2 heterocycles. The van der Waals surface area contributed by atoms with Crippen LogP contribution < -0.4 is 10.6 Å². The second-order valence-electron chi connectivity index (χ2n) is 7.38. The van der Waals surface area contributed by atoms with Crippen molar-refractivity contribution >= 4 is 28.9 Å². The summed E-state index contributed by atoms with van der Waals surface area (Å²) in [4.78, 5) is 33.2. The van der Waals surface area contributed by atoms with Crippen molar-refractivity contribution in [2.75, 3.05) is 5.32 Å². The Morgan fingerprint density at radius 1 is 0.970 bits per heavy atom. The van der Waals surface area contributed by atoms with Gasteiger partial charge in [-0.1, -0.05) is 30.3 Å². The molecule has 0 fully saturated rings. The van der Waals surface area contributed by atoms with Crippen molar-refractivity contribution in [1.82, 2.24) is 15.3 Å². The Morgan fingerprint density at radius 3 is 2.45 bits per heavy atom. The zero-order valence-electron chi connectivity index (χ0n) is 17.6. The van der Waals surface area contributed by atoms with Gasteiger partial charge in [0.25, 0.3) is 0 Å². The molecule has 4 rings (SSSR count). The second-order valence-corrected chi connectivity index (χ2v) is 8.36. The van der Waals surface area contributed by atoms with E-state index in [0.29, 0.717) is 24.2 Å². The van der Waals surface area contributed by atoms with Crippen molar-refractivity contribution in [3.05, 3.63) is 101 Å². The molecule has 33 heavy (non-hydrogen) atoms. The number of carbonyl (C=O) groups excluding carboxylic acids is 1. The summed E-state index contributed by atoms with van der Waals surface area (Å²) in [5, 5.41) is 18.5. The number of carboxylic acid groups (broad SMARTS) is 1. The van der Waals surface area contributed by atoms with E-state index in [2.05, 4.69) is 20.6 Å². The van der Waals surface area contributed by atoms with Crippen molar-refractivity contribution < 1.29 is 14.7 Å². The maximum atomic E-state index is 13.3. The van der Waals surface area contributed by atoms with Crippen LogP contribution in [0.5, 0.6) is 0 Å². The van der Waals surface area contributed by atoms with Gasteiger partial charge in [0, 0.05) is 36.2 Å². The van der Waals surface area contributed by atoms with Gasteiger partial charge in [-0.3, -0.25) is 15.1 Å². The molecule has 0 aliphatic heterocycles. The third-order valence-electron chi connectivity index (χ3n) is 5.04. The quantitative estimate of drug-likeness (QED) is 0.347. The normalized spacial score (nSPS) is 11.6. The highest BCUT2D eigenvalue weighted by Crippen LogP contribution is 2.25. The molecule has 0 aliphatic carbocycles. The molecule has 0 saturated carbocycles. The van der Waals surface area contributed by atoms with Crippen LogP contribution in [0.1, 0.15) is 20.9 Å². The largest absolute Gasteiger partial charge is 0.478 e. The number of pyridine rings is 1. The average molecular weight is 459 g/mol. The molecule has 0 bridgehead atoms. The van der Waals surface area contributed by atoms with Crippen LogP contribution in [-0.2, 0) is 17.8 Å². The first-order chi connectivity index (χ1) is 16.1. The third-order valence-corrected chi connectivity index (χ3v) is 5.82. The van der Waals surface area contributed by atoms with Gasteiger partial charge in [-0.05, 0) is 53.4 Å². The number of carbonyl (C=O) groups is 2. The Balaban J connectivity index is 1.58. The molecule has 0 spiro atoms. The molecule has 166 valence electrons. The van der Waals surface area contributed by atoms with Crippen LogP contribution in [0.15, 0.2) is 84.6 Å². The van der Waals surface area contributed by atoms with Gasteiger partial charge >= 0.3 is 5.97 Å². The number of amides is 1. The Kier molecular flexibility index (Phi) is 7.19. The fourth-order valence-corrected chi connectivity index (χ4v) is 3.99. The molecular formula is C25H22N4O3S. The maximum absolute atomic E-state index is 13.3. The van der Waals surface area contributed by atoms with Gasteiger partial charge in [-0.15, -0.1) is 11.3 Å². The van der Waals surface area contributed by atoms with E-state index in [0.717, 1.165) is 16.1 Å². The summed E-state index contributed by atoms with van der Waals surface area (Å²) in [5.41, 5.74) is 3.02. The topological polar surface area (TPSA) is 104 Å². The average Bonchev–Trinajstić information content (AvgIpc) is 3.36. The number of carboxylic acids is 1. The van der Waals surface area contributed by atoms with E-state index in [9.17, 15) is 14.7 Å². The minimum Gasteiger partial charge on any atom is -0.478 e. The third kappa shape index (κ3) is 6.09. The minimum absolute atomic E-state index is 0.0926. The molecule has 8 heteroatoms. The lowest BCUT2D eigenvalue weighted by Crippen LogP contribution is -2.41. The predicted molar refractivity (Wildman–Crippen MR) is 128 cm³/mol. The van der Waals surface area contributed by atoms with E-state index in [1.165, 1.54) is 17.4 Å². The summed E-state index contributed by atoms with van der Waals surface area (Å²) in [6, 6.07) is 17.6. The molecule has 4 aromatic rings. The number of hydrogen-bond acceptors (Lipinski definition) is 6. The molecule has 0 aliphatic rings. The van der Waals surface area contributed by atoms with Crippen molar-refractivity contribution in [2.24, 2.45) is 0 Å². The van der Waals surface area contributed by atoms with Crippen molar-refractivity contribution in [1.29, 1.82) is 0 Å². The number of rotatable bonds is 9. The number of thiazole rings is 1. The first-order valence-electron chi connectivity index (χ1n) is 10.3. The zero-order chi connectivity index (χ0) is 23.0. The molecule has 3 N–H and O–H groups in total. The number of aromatic nitrogens is 2. The lowest BCUT2D eigenvalue weighted by molar-refractivity contribution is -0.118. The van der Waals surface area contributed by atoms with E-state index < -0.39 is 12.0 Å². The van der Waals surface area contributed by atoms with E-state index in [1.54, 1.807) is 42.9 Å².